The smallest absolute Gasteiger partial charge is 0.170 e. The summed E-state index contributed by atoms with van der Waals surface area (Å²) in [6.07, 6.45) is 2.10. The Hall–Kier alpha value is -2.82. The SMILES string of the molecule is Cc1ccc(NC(=S)NC[C@H](c2ccccc2)c2c[nH]c3ccccc23)cc1Cl. The molecular formula is C24H22ClN3S. The van der Waals surface area contributed by atoms with Crippen molar-refractivity contribution in [3.63, 3.8) is 0 Å². The largest absolute Gasteiger partial charge is 0.361 e. The number of hydrogen-bond acceptors (Lipinski definition) is 1. The highest BCUT2D eigenvalue weighted by molar-refractivity contribution is 7.80. The molecule has 4 aromatic rings. The molecule has 3 nitrogen and oxygen atoms in total. The van der Waals surface area contributed by atoms with E-state index in [0.29, 0.717) is 11.7 Å². The third kappa shape index (κ3) is 4.44. The average molecular weight is 420 g/mol. The molecule has 5 heteroatoms. The quantitative estimate of drug-likeness (QED) is 0.335. The first kappa shape index (κ1) is 19.5. The third-order valence-electron chi connectivity index (χ3n) is 5.10. The van der Waals surface area contributed by atoms with Crippen LogP contribution in [0, 0.1) is 6.92 Å². The number of hydrogen-bond donors (Lipinski definition) is 3. The molecule has 0 radical (unpaired) electrons. The van der Waals surface area contributed by atoms with E-state index in [0.717, 1.165) is 21.8 Å². The van der Waals surface area contributed by atoms with Gasteiger partial charge in [0.2, 0.25) is 0 Å². The van der Waals surface area contributed by atoms with Crippen LogP contribution in [0.3, 0.4) is 0 Å². The van der Waals surface area contributed by atoms with Gasteiger partial charge in [-0.1, -0.05) is 66.2 Å². The predicted molar refractivity (Wildman–Crippen MR) is 127 cm³/mol. The Morgan fingerprint density at radius 1 is 1.03 bits per heavy atom. The zero-order valence-corrected chi connectivity index (χ0v) is 17.6. The summed E-state index contributed by atoms with van der Waals surface area (Å²) in [6, 6.07) is 24.7. The number of halogens is 1. The maximum absolute atomic E-state index is 6.22. The first-order valence-electron chi connectivity index (χ1n) is 9.54. The summed E-state index contributed by atoms with van der Waals surface area (Å²) in [6.45, 7) is 2.66. The van der Waals surface area contributed by atoms with Gasteiger partial charge in [-0.25, -0.2) is 0 Å². The van der Waals surface area contributed by atoms with E-state index in [1.165, 1.54) is 16.5 Å². The fourth-order valence-electron chi connectivity index (χ4n) is 3.52. The van der Waals surface area contributed by atoms with E-state index in [4.69, 9.17) is 23.8 Å². The summed E-state index contributed by atoms with van der Waals surface area (Å²) in [4.78, 5) is 3.39. The second-order valence-corrected chi connectivity index (χ2v) is 7.87. The van der Waals surface area contributed by atoms with Gasteiger partial charge in [0.05, 0.1) is 0 Å². The number of fused-ring (bicyclic) bond motifs is 1. The highest BCUT2D eigenvalue weighted by atomic mass is 35.5. The van der Waals surface area contributed by atoms with Gasteiger partial charge in [-0.05, 0) is 54.0 Å². The number of aromatic amines is 1. The van der Waals surface area contributed by atoms with Crippen molar-refractivity contribution in [3.8, 4) is 0 Å². The Morgan fingerprint density at radius 2 is 1.79 bits per heavy atom. The van der Waals surface area contributed by atoms with Crippen LogP contribution in [0.5, 0.6) is 0 Å². The molecule has 0 unspecified atom stereocenters. The predicted octanol–water partition coefficient (Wildman–Crippen LogP) is 6.25. The van der Waals surface area contributed by atoms with E-state index in [-0.39, 0.29) is 5.92 Å². The molecule has 29 heavy (non-hydrogen) atoms. The van der Waals surface area contributed by atoms with Crippen molar-refractivity contribution in [2.24, 2.45) is 0 Å². The summed E-state index contributed by atoms with van der Waals surface area (Å²) in [7, 11) is 0. The van der Waals surface area contributed by atoms with E-state index in [1.807, 2.05) is 37.3 Å². The van der Waals surface area contributed by atoms with Crippen LogP contribution in [0.15, 0.2) is 79.0 Å². The molecule has 1 heterocycles. The summed E-state index contributed by atoms with van der Waals surface area (Å²) in [5, 5.41) is 9.13. The monoisotopic (exact) mass is 419 g/mol. The molecule has 0 saturated carbocycles. The molecule has 0 aliphatic rings. The highest BCUT2D eigenvalue weighted by Gasteiger charge is 2.18. The number of benzene rings is 3. The van der Waals surface area contributed by atoms with E-state index >= 15 is 0 Å². The van der Waals surface area contributed by atoms with Crippen LogP contribution in [0.4, 0.5) is 5.69 Å². The van der Waals surface area contributed by atoms with Gasteiger partial charge in [-0.15, -0.1) is 0 Å². The average Bonchev–Trinajstić information content (AvgIpc) is 3.16. The van der Waals surface area contributed by atoms with Gasteiger partial charge < -0.3 is 15.6 Å². The van der Waals surface area contributed by atoms with E-state index in [1.54, 1.807) is 0 Å². The normalized spacial score (nSPS) is 11.9. The van der Waals surface area contributed by atoms with Crippen LogP contribution >= 0.6 is 23.8 Å². The van der Waals surface area contributed by atoms with Crippen LogP contribution in [-0.4, -0.2) is 16.6 Å². The Bertz CT molecular complexity index is 1140. The molecule has 0 amide bonds. The third-order valence-corrected chi connectivity index (χ3v) is 5.75. The van der Waals surface area contributed by atoms with Crippen LogP contribution in [0.1, 0.15) is 22.6 Å². The van der Waals surface area contributed by atoms with E-state index in [2.05, 4.69) is 64.3 Å². The summed E-state index contributed by atoms with van der Waals surface area (Å²) in [5.74, 6) is 0.161. The fourth-order valence-corrected chi connectivity index (χ4v) is 3.90. The molecule has 0 aliphatic heterocycles. The standard InChI is InChI=1S/C24H22ClN3S/c1-16-11-12-18(13-22(16)25)28-24(29)27-14-20(17-7-3-2-4-8-17)21-15-26-23-10-6-5-9-19(21)23/h2-13,15,20,26H,14H2,1H3,(H2,27,28,29)/t20-/m1/s1. The molecule has 0 bridgehead atoms. The van der Waals surface area contributed by atoms with Gasteiger partial charge in [-0.3, -0.25) is 0 Å². The molecule has 0 fully saturated rings. The molecule has 1 aromatic heterocycles. The van der Waals surface area contributed by atoms with Crippen molar-refractivity contribution >= 4 is 45.5 Å². The lowest BCUT2D eigenvalue weighted by atomic mass is 9.91. The highest BCUT2D eigenvalue weighted by Crippen LogP contribution is 2.30. The first-order chi connectivity index (χ1) is 14.1. The van der Waals surface area contributed by atoms with Gasteiger partial charge in [0.1, 0.15) is 0 Å². The lowest BCUT2D eigenvalue weighted by molar-refractivity contribution is 0.766. The minimum atomic E-state index is 0.161. The van der Waals surface area contributed by atoms with Gasteiger partial charge >= 0.3 is 0 Å². The molecule has 0 spiro atoms. The van der Waals surface area contributed by atoms with Gasteiger partial charge in [0.25, 0.3) is 0 Å². The summed E-state index contributed by atoms with van der Waals surface area (Å²) < 4.78 is 0. The molecule has 146 valence electrons. The van der Waals surface area contributed by atoms with Crippen LogP contribution in [0.2, 0.25) is 5.02 Å². The van der Waals surface area contributed by atoms with Crippen molar-refractivity contribution < 1.29 is 0 Å². The van der Waals surface area contributed by atoms with Crippen LogP contribution < -0.4 is 10.6 Å². The van der Waals surface area contributed by atoms with Crippen molar-refractivity contribution in [2.75, 3.05) is 11.9 Å². The Morgan fingerprint density at radius 3 is 2.59 bits per heavy atom. The van der Waals surface area contributed by atoms with Gasteiger partial charge in [0, 0.05) is 40.3 Å². The molecule has 0 aliphatic carbocycles. The number of para-hydroxylation sites is 1. The zero-order valence-electron chi connectivity index (χ0n) is 16.1. The Balaban J connectivity index is 1.55. The molecular weight excluding hydrogens is 398 g/mol. The van der Waals surface area contributed by atoms with E-state index < -0.39 is 0 Å². The van der Waals surface area contributed by atoms with Crippen LogP contribution in [0.25, 0.3) is 10.9 Å². The summed E-state index contributed by atoms with van der Waals surface area (Å²) >= 11 is 11.8. The number of H-pyrrole nitrogens is 1. The number of anilines is 1. The number of nitrogens with one attached hydrogen (secondary N) is 3. The first-order valence-corrected chi connectivity index (χ1v) is 10.3. The number of rotatable bonds is 5. The van der Waals surface area contributed by atoms with Gasteiger partial charge in [-0.2, -0.15) is 0 Å². The number of aromatic nitrogens is 1. The van der Waals surface area contributed by atoms with Crippen molar-refractivity contribution in [2.45, 2.75) is 12.8 Å². The Labute approximate surface area is 181 Å². The van der Waals surface area contributed by atoms with Crippen molar-refractivity contribution in [1.82, 2.24) is 10.3 Å². The molecule has 1 atom stereocenters. The lowest BCUT2D eigenvalue weighted by Gasteiger charge is -2.20. The number of thiocarbonyl (C=S) groups is 1. The minimum absolute atomic E-state index is 0.161. The summed E-state index contributed by atoms with van der Waals surface area (Å²) in [5.41, 5.74) is 5.55. The van der Waals surface area contributed by atoms with Crippen LogP contribution in [-0.2, 0) is 0 Å². The maximum Gasteiger partial charge on any atom is 0.170 e. The molecule has 3 aromatic carbocycles. The minimum Gasteiger partial charge on any atom is -0.361 e. The lowest BCUT2D eigenvalue weighted by Crippen LogP contribution is -2.32. The van der Waals surface area contributed by atoms with Gasteiger partial charge in [0.15, 0.2) is 5.11 Å². The van der Waals surface area contributed by atoms with E-state index in [9.17, 15) is 0 Å². The number of aryl methyl sites for hydroxylation is 1. The maximum atomic E-state index is 6.22. The Kier molecular flexibility index (Phi) is 5.84. The molecule has 0 saturated heterocycles. The van der Waals surface area contributed by atoms with Crippen molar-refractivity contribution in [1.29, 1.82) is 0 Å². The zero-order chi connectivity index (χ0) is 20.2. The second-order valence-electron chi connectivity index (χ2n) is 7.05. The molecule has 3 N–H and O–H groups in total. The van der Waals surface area contributed by atoms with Crippen molar-refractivity contribution in [3.05, 3.63) is 101 Å². The molecule has 4 rings (SSSR count). The fraction of sp³-hybridized carbons (Fsp3) is 0.125. The second kappa shape index (κ2) is 8.68. The topological polar surface area (TPSA) is 39.8 Å².